The summed E-state index contributed by atoms with van der Waals surface area (Å²) in [6.45, 7) is 1.69. The highest BCUT2D eigenvalue weighted by Gasteiger charge is 2.27. The summed E-state index contributed by atoms with van der Waals surface area (Å²) in [7, 11) is -3.74. The minimum atomic E-state index is -4.32. The van der Waals surface area contributed by atoms with Crippen LogP contribution in [-0.2, 0) is 14.8 Å². The summed E-state index contributed by atoms with van der Waals surface area (Å²) in [6, 6.07) is 12.4. The van der Waals surface area contributed by atoms with Gasteiger partial charge in [-0.05, 0) is 31.2 Å². The number of para-hydroxylation sites is 1. The first-order chi connectivity index (χ1) is 13.1. The van der Waals surface area contributed by atoms with Crippen LogP contribution in [0.25, 0.3) is 0 Å². The van der Waals surface area contributed by atoms with Crippen molar-refractivity contribution in [2.24, 2.45) is 0 Å². The molecule has 0 fully saturated rings. The number of anilines is 1. The molecule has 0 unspecified atom stereocenters. The Kier molecular flexibility index (Phi) is 7.50. The Morgan fingerprint density at radius 3 is 2.36 bits per heavy atom. The van der Waals surface area contributed by atoms with Crippen LogP contribution in [0.1, 0.15) is 12.0 Å². The Balaban J connectivity index is 1.90. The van der Waals surface area contributed by atoms with Crippen molar-refractivity contribution in [3.63, 3.8) is 0 Å². The fourth-order valence-corrected chi connectivity index (χ4v) is 3.97. The Morgan fingerprint density at radius 2 is 1.71 bits per heavy atom. The number of hydrogen-bond acceptors (Lipinski definition) is 4. The largest absolute Gasteiger partial charge is 0.398 e. The molecule has 152 valence electrons. The molecule has 5 nitrogen and oxygen atoms in total. The highest BCUT2D eigenvalue weighted by Crippen LogP contribution is 2.32. The van der Waals surface area contributed by atoms with Gasteiger partial charge in [0.15, 0.2) is 0 Å². The molecule has 0 spiro atoms. The van der Waals surface area contributed by atoms with Crippen LogP contribution in [0.2, 0.25) is 0 Å². The molecule has 10 heteroatoms. The van der Waals surface area contributed by atoms with Crippen molar-refractivity contribution in [1.82, 2.24) is 4.72 Å². The lowest BCUT2D eigenvalue weighted by molar-refractivity contribution is -0.116. The number of halogens is 3. The molecule has 2 N–H and O–H groups in total. The molecule has 28 heavy (non-hydrogen) atoms. The second-order valence-electron chi connectivity index (χ2n) is 5.91. The maximum atomic E-state index is 12.4. The van der Waals surface area contributed by atoms with Gasteiger partial charge in [-0.3, -0.25) is 4.79 Å². The number of rotatable bonds is 8. The smallest absolute Gasteiger partial charge is 0.325 e. The molecule has 0 heterocycles. The lowest BCUT2D eigenvalue weighted by Crippen LogP contribution is -2.28. The van der Waals surface area contributed by atoms with E-state index in [1.54, 1.807) is 24.3 Å². The molecule has 0 saturated carbocycles. The standard InChI is InChI=1S/C18H19F3N2O3S2/c1-13-6-8-14(9-7-13)28(25,26)22-11-10-17(24)23-15-4-2-3-5-16(15)27-12-18(19,20)21/h2-9,22H,10-12H2,1H3,(H,23,24). The molecular formula is C18H19F3N2O3S2. The molecule has 2 aromatic rings. The highest BCUT2D eigenvalue weighted by molar-refractivity contribution is 7.99. The zero-order valence-corrected chi connectivity index (χ0v) is 16.5. The fourth-order valence-electron chi connectivity index (χ4n) is 2.17. The third-order valence-corrected chi connectivity index (χ3v) is 6.14. The average Bonchev–Trinajstić information content (AvgIpc) is 2.60. The third-order valence-electron chi connectivity index (χ3n) is 3.53. The number of nitrogens with one attached hydrogen (secondary N) is 2. The van der Waals surface area contributed by atoms with E-state index in [4.69, 9.17) is 0 Å². The van der Waals surface area contributed by atoms with E-state index in [1.807, 2.05) is 6.92 Å². The van der Waals surface area contributed by atoms with Gasteiger partial charge in [0.1, 0.15) is 0 Å². The first-order valence-electron chi connectivity index (χ1n) is 8.21. The molecule has 2 rings (SSSR count). The van der Waals surface area contributed by atoms with Gasteiger partial charge in [0.25, 0.3) is 0 Å². The van der Waals surface area contributed by atoms with E-state index < -0.39 is 27.9 Å². The van der Waals surface area contributed by atoms with Crippen LogP contribution in [0.4, 0.5) is 18.9 Å². The van der Waals surface area contributed by atoms with Crippen LogP contribution in [0, 0.1) is 6.92 Å². The van der Waals surface area contributed by atoms with E-state index >= 15 is 0 Å². The number of carbonyl (C=O) groups is 1. The third kappa shape index (κ3) is 7.17. The predicted octanol–water partition coefficient (Wildman–Crippen LogP) is 3.96. The summed E-state index contributed by atoms with van der Waals surface area (Å²) in [5.41, 5.74) is 1.17. The van der Waals surface area contributed by atoms with Gasteiger partial charge < -0.3 is 5.32 Å². The van der Waals surface area contributed by atoms with Crippen LogP contribution in [-0.4, -0.2) is 32.8 Å². The summed E-state index contributed by atoms with van der Waals surface area (Å²) in [4.78, 5) is 12.4. The first-order valence-corrected chi connectivity index (χ1v) is 10.7. The lowest BCUT2D eigenvalue weighted by atomic mass is 10.2. The lowest BCUT2D eigenvalue weighted by Gasteiger charge is -2.12. The Bertz CT molecular complexity index is 914. The second-order valence-corrected chi connectivity index (χ2v) is 8.69. The zero-order chi connectivity index (χ0) is 20.8. The van der Waals surface area contributed by atoms with Crippen molar-refractivity contribution in [1.29, 1.82) is 0 Å². The monoisotopic (exact) mass is 432 g/mol. The van der Waals surface area contributed by atoms with E-state index in [0.29, 0.717) is 11.8 Å². The van der Waals surface area contributed by atoms with Gasteiger partial charge >= 0.3 is 6.18 Å². The van der Waals surface area contributed by atoms with Gasteiger partial charge in [-0.25, -0.2) is 13.1 Å². The van der Waals surface area contributed by atoms with Gasteiger partial charge in [-0.2, -0.15) is 13.2 Å². The number of benzene rings is 2. The molecule has 1 amide bonds. The van der Waals surface area contributed by atoms with Gasteiger partial charge in [-0.1, -0.05) is 29.8 Å². The van der Waals surface area contributed by atoms with Crippen LogP contribution in [0.15, 0.2) is 58.3 Å². The fraction of sp³-hybridized carbons (Fsp3) is 0.278. The van der Waals surface area contributed by atoms with Crippen molar-refractivity contribution in [3.05, 3.63) is 54.1 Å². The van der Waals surface area contributed by atoms with Gasteiger partial charge in [0, 0.05) is 17.9 Å². The normalized spacial score (nSPS) is 12.0. The number of thioether (sulfide) groups is 1. The van der Waals surface area contributed by atoms with Crippen LogP contribution < -0.4 is 10.0 Å². The summed E-state index contributed by atoms with van der Waals surface area (Å²) >= 11 is 0.571. The summed E-state index contributed by atoms with van der Waals surface area (Å²) < 4.78 is 63.9. The zero-order valence-electron chi connectivity index (χ0n) is 14.9. The highest BCUT2D eigenvalue weighted by atomic mass is 32.2. The molecule has 0 saturated heterocycles. The minimum Gasteiger partial charge on any atom is -0.325 e. The quantitative estimate of drug-likeness (QED) is 0.620. The van der Waals surface area contributed by atoms with E-state index in [2.05, 4.69) is 10.0 Å². The van der Waals surface area contributed by atoms with Crippen molar-refractivity contribution in [2.45, 2.75) is 29.3 Å². The van der Waals surface area contributed by atoms with Crippen molar-refractivity contribution in [2.75, 3.05) is 17.6 Å². The predicted molar refractivity (Wildman–Crippen MR) is 103 cm³/mol. The second kappa shape index (κ2) is 9.44. The Hall–Kier alpha value is -2.04. The van der Waals surface area contributed by atoms with Crippen molar-refractivity contribution < 1.29 is 26.4 Å². The molecule has 0 radical (unpaired) electrons. The summed E-state index contributed by atoms with van der Waals surface area (Å²) in [6.07, 6.45) is -4.49. The van der Waals surface area contributed by atoms with E-state index in [1.165, 1.54) is 24.3 Å². The van der Waals surface area contributed by atoms with E-state index in [-0.39, 0.29) is 28.4 Å². The molecule has 0 aliphatic heterocycles. The SMILES string of the molecule is Cc1ccc(S(=O)(=O)NCCC(=O)Nc2ccccc2SCC(F)(F)F)cc1. The number of carbonyl (C=O) groups excluding carboxylic acids is 1. The van der Waals surface area contributed by atoms with E-state index in [9.17, 15) is 26.4 Å². The van der Waals surface area contributed by atoms with Gasteiger partial charge in [0.05, 0.1) is 16.3 Å². The molecule has 0 aliphatic rings. The van der Waals surface area contributed by atoms with Crippen LogP contribution in [0.5, 0.6) is 0 Å². The van der Waals surface area contributed by atoms with E-state index in [0.717, 1.165) is 5.56 Å². The van der Waals surface area contributed by atoms with Crippen molar-refractivity contribution in [3.8, 4) is 0 Å². The summed E-state index contributed by atoms with van der Waals surface area (Å²) in [5.74, 6) is -1.58. The molecule has 0 bridgehead atoms. The minimum absolute atomic E-state index is 0.0902. The average molecular weight is 432 g/mol. The Morgan fingerprint density at radius 1 is 1.07 bits per heavy atom. The molecule has 2 aromatic carbocycles. The number of alkyl halides is 3. The number of sulfonamides is 1. The number of aryl methyl sites for hydroxylation is 1. The summed E-state index contributed by atoms with van der Waals surface area (Å²) in [5, 5.41) is 2.52. The number of amides is 1. The maximum Gasteiger partial charge on any atom is 0.398 e. The molecular weight excluding hydrogens is 413 g/mol. The topological polar surface area (TPSA) is 75.3 Å². The first kappa shape index (κ1) is 22.3. The maximum absolute atomic E-state index is 12.4. The molecule has 0 atom stereocenters. The molecule has 0 aliphatic carbocycles. The van der Waals surface area contributed by atoms with Crippen molar-refractivity contribution >= 4 is 33.4 Å². The van der Waals surface area contributed by atoms with Gasteiger partial charge in [0.2, 0.25) is 15.9 Å². The van der Waals surface area contributed by atoms with Gasteiger partial charge in [-0.15, -0.1) is 11.8 Å². The number of hydrogen-bond donors (Lipinski definition) is 2. The van der Waals surface area contributed by atoms with Crippen LogP contribution in [0.3, 0.4) is 0 Å². The molecule has 0 aromatic heterocycles. The van der Waals surface area contributed by atoms with Crippen LogP contribution >= 0.6 is 11.8 Å². The Labute approximate surface area is 165 Å².